The molecule has 0 spiro atoms. The van der Waals surface area contributed by atoms with E-state index in [-0.39, 0.29) is 17.7 Å². The summed E-state index contributed by atoms with van der Waals surface area (Å²) < 4.78 is 16.5. The molecule has 5 N–H and O–H groups in total. The molecule has 3 aliphatic rings. The van der Waals surface area contributed by atoms with Gasteiger partial charge in [-0.05, 0) is 6.42 Å². The van der Waals surface area contributed by atoms with Gasteiger partial charge in [-0.25, -0.2) is 0 Å². The number of aliphatic hydroxyl groups is 4. The molecule has 2 fully saturated rings. The van der Waals surface area contributed by atoms with E-state index in [9.17, 15) is 25.2 Å². The van der Waals surface area contributed by atoms with E-state index in [1.165, 1.54) is 6.26 Å². The first-order valence-corrected chi connectivity index (χ1v) is 8.20. The van der Waals surface area contributed by atoms with Gasteiger partial charge in [-0.3, -0.25) is 4.79 Å². The van der Waals surface area contributed by atoms with Gasteiger partial charge in [0.2, 0.25) is 6.29 Å². The van der Waals surface area contributed by atoms with E-state index >= 15 is 0 Å². The number of piperidine rings is 1. The number of amides is 1. The molecule has 140 valence electrons. The van der Waals surface area contributed by atoms with Gasteiger partial charge in [0.25, 0.3) is 5.91 Å². The molecule has 9 heteroatoms. The smallest absolute Gasteiger partial charge is 0.250 e. The molecule has 3 heterocycles. The fourth-order valence-corrected chi connectivity index (χ4v) is 3.44. The number of carbonyl (C=O) groups excluding carboxylic acids is 1. The van der Waals surface area contributed by atoms with E-state index in [0.29, 0.717) is 18.5 Å². The van der Waals surface area contributed by atoms with Gasteiger partial charge in [0.15, 0.2) is 6.29 Å². The molecule has 0 radical (unpaired) electrons. The van der Waals surface area contributed by atoms with Gasteiger partial charge in [-0.15, -0.1) is 6.58 Å². The van der Waals surface area contributed by atoms with E-state index in [2.05, 4.69) is 11.9 Å². The Kier molecular flexibility index (Phi) is 5.42. The molecule has 0 bridgehead atoms. The van der Waals surface area contributed by atoms with Crippen molar-refractivity contribution < 1.29 is 39.4 Å². The quantitative estimate of drug-likeness (QED) is 0.364. The Morgan fingerprint density at radius 3 is 2.72 bits per heavy atom. The molecule has 0 aromatic carbocycles. The molecule has 3 aliphatic heterocycles. The van der Waals surface area contributed by atoms with Gasteiger partial charge in [-0.2, -0.15) is 0 Å². The van der Waals surface area contributed by atoms with Crippen molar-refractivity contribution in [3.8, 4) is 0 Å². The van der Waals surface area contributed by atoms with Crippen molar-refractivity contribution in [2.24, 2.45) is 11.8 Å². The standard InChI is InChI=1S/C16H23NO8/c1-2-7-8-3-4-17-14(22)9(8)6-23-15(7)25-16-13(21)12(20)11(19)10(5-18)24-16/h2,6-8,10-13,15-16,18-21H,1,3-5H2,(H,17,22)/t7-,8-,10+,11-,12-,13+,15-,16-/m0/s1. The molecule has 0 unspecified atom stereocenters. The van der Waals surface area contributed by atoms with Gasteiger partial charge in [0.1, 0.15) is 24.4 Å². The zero-order chi connectivity index (χ0) is 18.1. The minimum absolute atomic E-state index is 0.144. The molecule has 1 amide bonds. The van der Waals surface area contributed by atoms with Crippen LogP contribution in [0.1, 0.15) is 6.42 Å². The lowest BCUT2D eigenvalue weighted by Crippen LogP contribution is -2.60. The average Bonchev–Trinajstić information content (AvgIpc) is 2.62. The van der Waals surface area contributed by atoms with Crippen LogP contribution in [-0.2, 0) is 19.0 Å². The van der Waals surface area contributed by atoms with Crippen LogP contribution in [-0.4, -0.2) is 76.5 Å². The second-order valence-electron chi connectivity index (χ2n) is 6.38. The van der Waals surface area contributed by atoms with Crippen molar-refractivity contribution in [3.63, 3.8) is 0 Å². The minimum Gasteiger partial charge on any atom is -0.471 e. The topological polar surface area (TPSA) is 138 Å². The van der Waals surface area contributed by atoms with Crippen LogP contribution in [0.15, 0.2) is 24.5 Å². The summed E-state index contributed by atoms with van der Waals surface area (Å²) in [5.74, 6) is -0.706. The lowest BCUT2D eigenvalue weighted by Gasteiger charge is -2.43. The van der Waals surface area contributed by atoms with Crippen molar-refractivity contribution >= 4 is 5.91 Å². The third kappa shape index (κ3) is 3.31. The number of ether oxygens (including phenoxy) is 3. The summed E-state index contributed by atoms with van der Waals surface area (Å²) in [5.41, 5.74) is 0.504. The lowest BCUT2D eigenvalue weighted by atomic mass is 9.79. The molecule has 0 aromatic heterocycles. The first kappa shape index (κ1) is 18.3. The third-order valence-electron chi connectivity index (χ3n) is 4.90. The second-order valence-corrected chi connectivity index (χ2v) is 6.38. The average molecular weight is 357 g/mol. The molecular weight excluding hydrogens is 334 g/mol. The van der Waals surface area contributed by atoms with Gasteiger partial charge in [-0.1, -0.05) is 6.08 Å². The summed E-state index contributed by atoms with van der Waals surface area (Å²) in [7, 11) is 0. The number of rotatable bonds is 4. The van der Waals surface area contributed by atoms with Gasteiger partial charge >= 0.3 is 0 Å². The van der Waals surface area contributed by atoms with Crippen molar-refractivity contribution in [2.45, 2.75) is 43.4 Å². The molecule has 9 nitrogen and oxygen atoms in total. The van der Waals surface area contributed by atoms with Crippen LogP contribution in [0.4, 0.5) is 0 Å². The fourth-order valence-electron chi connectivity index (χ4n) is 3.44. The number of hydrogen-bond donors (Lipinski definition) is 5. The Morgan fingerprint density at radius 2 is 2.04 bits per heavy atom. The molecule has 0 aliphatic carbocycles. The maximum Gasteiger partial charge on any atom is 0.250 e. The van der Waals surface area contributed by atoms with E-state index in [4.69, 9.17) is 14.2 Å². The van der Waals surface area contributed by atoms with E-state index in [0.717, 1.165) is 0 Å². The zero-order valence-electron chi connectivity index (χ0n) is 13.5. The van der Waals surface area contributed by atoms with Crippen molar-refractivity contribution in [1.82, 2.24) is 5.32 Å². The summed E-state index contributed by atoms with van der Waals surface area (Å²) in [5, 5.41) is 41.7. The van der Waals surface area contributed by atoms with Crippen LogP contribution >= 0.6 is 0 Å². The molecule has 3 rings (SSSR count). The minimum atomic E-state index is -1.53. The van der Waals surface area contributed by atoms with Crippen molar-refractivity contribution in [1.29, 1.82) is 0 Å². The number of nitrogens with one attached hydrogen (secondary N) is 1. The summed E-state index contributed by atoms with van der Waals surface area (Å²) in [6.45, 7) is 3.75. The number of hydrogen-bond acceptors (Lipinski definition) is 8. The Bertz CT molecular complexity index is 550. The Hall–Kier alpha value is -1.49. The molecule has 0 aromatic rings. The van der Waals surface area contributed by atoms with E-state index in [1.807, 2.05) is 0 Å². The van der Waals surface area contributed by atoms with Gasteiger partial charge in [0.05, 0.1) is 18.4 Å². The van der Waals surface area contributed by atoms with Crippen molar-refractivity contribution in [3.05, 3.63) is 24.5 Å². The predicted octanol–water partition coefficient (Wildman–Crippen LogP) is -2.02. The van der Waals surface area contributed by atoms with Crippen LogP contribution < -0.4 is 5.32 Å². The fraction of sp³-hybridized carbons (Fsp3) is 0.688. The third-order valence-corrected chi connectivity index (χ3v) is 4.90. The number of fused-ring (bicyclic) bond motifs is 1. The molecular formula is C16H23NO8. The Balaban J connectivity index is 1.75. The van der Waals surface area contributed by atoms with Crippen molar-refractivity contribution in [2.75, 3.05) is 13.2 Å². The maximum absolute atomic E-state index is 11.9. The largest absolute Gasteiger partial charge is 0.471 e. The first-order chi connectivity index (χ1) is 12.0. The van der Waals surface area contributed by atoms with E-state index < -0.39 is 43.6 Å². The summed E-state index contributed by atoms with van der Waals surface area (Å²) >= 11 is 0. The van der Waals surface area contributed by atoms with Crippen LogP contribution in [0.25, 0.3) is 0 Å². The summed E-state index contributed by atoms with van der Waals surface area (Å²) in [6.07, 6.45) is -4.16. The highest BCUT2D eigenvalue weighted by Crippen LogP contribution is 2.37. The van der Waals surface area contributed by atoms with Crippen LogP contribution in [0.5, 0.6) is 0 Å². The molecule has 2 saturated heterocycles. The van der Waals surface area contributed by atoms with Crippen LogP contribution in [0.3, 0.4) is 0 Å². The van der Waals surface area contributed by atoms with Gasteiger partial charge < -0.3 is 40.0 Å². The predicted molar refractivity (Wildman–Crippen MR) is 82.6 cm³/mol. The lowest BCUT2D eigenvalue weighted by molar-refractivity contribution is -0.339. The molecule has 8 atom stereocenters. The van der Waals surface area contributed by atoms with E-state index in [1.54, 1.807) is 6.08 Å². The highest BCUT2D eigenvalue weighted by molar-refractivity contribution is 5.94. The first-order valence-electron chi connectivity index (χ1n) is 8.20. The zero-order valence-corrected chi connectivity index (χ0v) is 13.5. The Morgan fingerprint density at radius 1 is 1.28 bits per heavy atom. The van der Waals surface area contributed by atoms with Crippen LogP contribution in [0, 0.1) is 11.8 Å². The Labute approximate surface area is 144 Å². The highest BCUT2D eigenvalue weighted by Gasteiger charge is 2.47. The second kappa shape index (κ2) is 7.40. The normalized spacial score (nSPS) is 44.2. The molecule has 0 saturated carbocycles. The molecule has 25 heavy (non-hydrogen) atoms. The highest BCUT2D eigenvalue weighted by atomic mass is 16.8. The summed E-state index contributed by atoms with van der Waals surface area (Å²) in [4.78, 5) is 11.9. The SMILES string of the molecule is C=C[C@@H]1[C@H](O[C@@H]2O[C@H](CO)[C@H](O)[C@H](O)[C@H]2O)OC=C2C(=O)NCC[C@H]21. The number of aliphatic hydroxyl groups excluding tert-OH is 4. The van der Waals surface area contributed by atoms with Crippen LogP contribution in [0.2, 0.25) is 0 Å². The maximum atomic E-state index is 11.9. The monoisotopic (exact) mass is 357 g/mol. The van der Waals surface area contributed by atoms with Gasteiger partial charge in [0, 0.05) is 18.4 Å². The summed E-state index contributed by atoms with van der Waals surface area (Å²) in [6, 6.07) is 0. The number of carbonyl (C=O) groups is 1.